The molecule has 2 aromatic heterocycles. The van der Waals surface area contributed by atoms with Gasteiger partial charge in [-0.3, -0.25) is 4.79 Å². The van der Waals surface area contributed by atoms with E-state index in [1.54, 1.807) is 25.4 Å². The molecule has 0 aliphatic heterocycles. The molecule has 0 radical (unpaired) electrons. The molecule has 0 unspecified atom stereocenters. The molecule has 10 heteroatoms. The van der Waals surface area contributed by atoms with Crippen LogP contribution in [0.25, 0.3) is 10.8 Å². The fraction of sp³-hybridized carbons (Fsp3) is 0.158. The molecule has 0 fully saturated rings. The minimum Gasteiger partial charge on any atom is -0.465 e. The van der Waals surface area contributed by atoms with Crippen LogP contribution in [0.4, 0.5) is 5.69 Å². The lowest BCUT2D eigenvalue weighted by atomic mass is 10.1. The van der Waals surface area contributed by atoms with Gasteiger partial charge in [0.1, 0.15) is 4.88 Å². The van der Waals surface area contributed by atoms with Crippen molar-refractivity contribution in [2.45, 2.75) is 6.92 Å². The van der Waals surface area contributed by atoms with Crippen LogP contribution in [0.5, 0.6) is 0 Å². The Balaban J connectivity index is 1.91. The number of amides is 1. The average molecular weight is 412 g/mol. The molecule has 0 saturated carbocycles. The van der Waals surface area contributed by atoms with Gasteiger partial charge in [0, 0.05) is 18.1 Å². The van der Waals surface area contributed by atoms with E-state index in [0.717, 1.165) is 11.3 Å². The number of nitrogens with zero attached hydrogens (tertiary/aromatic N) is 3. The van der Waals surface area contributed by atoms with Crippen LogP contribution in [-0.2, 0) is 9.47 Å². The molecular formula is C19H16N4O5S. The van der Waals surface area contributed by atoms with Crippen molar-refractivity contribution in [3.05, 3.63) is 58.4 Å². The Kier molecular flexibility index (Phi) is 5.93. The van der Waals surface area contributed by atoms with Crippen molar-refractivity contribution in [2.24, 2.45) is 0 Å². The summed E-state index contributed by atoms with van der Waals surface area (Å²) in [6.07, 6.45) is 3.18. The number of aryl methyl sites for hydroxylation is 1. The second kappa shape index (κ2) is 8.57. The summed E-state index contributed by atoms with van der Waals surface area (Å²) < 4.78 is 9.39. The first-order valence-electron chi connectivity index (χ1n) is 8.30. The van der Waals surface area contributed by atoms with Gasteiger partial charge in [-0.1, -0.05) is 0 Å². The maximum Gasteiger partial charge on any atom is 0.337 e. The third kappa shape index (κ3) is 4.43. The number of methoxy groups -OCH3 is 2. The van der Waals surface area contributed by atoms with E-state index >= 15 is 0 Å². The number of ether oxygens (including phenoxy) is 2. The lowest BCUT2D eigenvalue weighted by Crippen LogP contribution is -2.14. The molecule has 0 spiro atoms. The molecule has 0 aliphatic carbocycles. The predicted octanol–water partition coefficient (Wildman–Crippen LogP) is 2.73. The minimum absolute atomic E-state index is 0.102. The van der Waals surface area contributed by atoms with Gasteiger partial charge in [-0.25, -0.2) is 24.5 Å². The third-order valence-electron chi connectivity index (χ3n) is 3.79. The van der Waals surface area contributed by atoms with Crippen molar-refractivity contribution in [3.63, 3.8) is 0 Å². The fourth-order valence-electron chi connectivity index (χ4n) is 2.47. The molecule has 2 heterocycles. The zero-order valence-corrected chi connectivity index (χ0v) is 16.6. The number of carbonyl (C=O) groups is 3. The number of carbonyl (C=O) groups excluding carboxylic acids is 3. The van der Waals surface area contributed by atoms with Crippen molar-refractivity contribution in [1.82, 2.24) is 15.0 Å². The van der Waals surface area contributed by atoms with E-state index in [1.807, 2.05) is 0 Å². The summed E-state index contributed by atoms with van der Waals surface area (Å²) in [5.41, 5.74) is 0.950. The van der Waals surface area contributed by atoms with Crippen molar-refractivity contribution < 1.29 is 23.9 Å². The number of esters is 2. The van der Waals surface area contributed by atoms with E-state index in [2.05, 4.69) is 20.3 Å². The molecule has 3 rings (SSSR count). The standard InChI is InChI=1S/C19H16N4O5S/c1-10-14(29-17(22-10)15-20-5-4-6-21-15)16(24)23-13-8-11(18(25)27-2)7-12(9-13)19(26)28-3/h4-9H,1-3H3,(H,23,24). The van der Waals surface area contributed by atoms with E-state index in [4.69, 9.17) is 9.47 Å². The summed E-state index contributed by atoms with van der Waals surface area (Å²) in [5.74, 6) is -1.33. The zero-order chi connectivity index (χ0) is 21.0. The van der Waals surface area contributed by atoms with E-state index in [1.165, 1.54) is 32.4 Å². The van der Waals surface area contributed by atoms with Crippen LogP contribution in [0.1, 0.15) is 36.1 Å². The van der Waals surface area contributed by atoms with Gasteiger partial charge in [0.05, 0.1) is 31.0 Å². The Labute approximate surface area is 169 Å². The van der Waals surface area contributed by atoms with Gasteiger partial charge in [0.15, 0.2) is 10.8 Å². The Morgan fingerprint density at radius 1 is 0.966 bits per heavy atom. The molecule has 3 aromatic rings. The van der Waals surface area contributed by atoms with Crippen molar-refractivity contribution >= 4 is 34.9 Å². The van der Waals surface area contributed by atoms with Gasteiger partial charge >= 0.3 is 11.9 Å². The van der Waals surface area contributed by atoms with E-state index in [9.17, 15) is 14.4 Å². The quantitative estimate of drug-likeness (QED) is 0.635. The second-order valence-electron chi connectivity index (χ2n) is 5.74. The van der Waals surface area contributed by atoms with Crippen molar-refractivity contribution in [1.29, 1.82) is 0 Å². The largest absolute Gasteiger partial charge is 0.465 e. The molecule has 0 bridgehead atoms. The SMILES string of the molecule is COC(=O)c1cc(NC(=O)c2sc(-c3ncccn3)nc2C)cc(C(=O)OC)c1. The summed E-state index contributed by atoms with van der Waals surface area (Å²) in [6.45, 7) is 1.70. The molecule has 148 valence electrons. The summed E-state index contributed by atoms with van der Waals surface area (Å²) in [5, 5.41) is 3.18. The van der Waals surface area contributed by atoms with E-state index < -0.39 is 17.8 Å². The van der Waals surface area contributed by atoms with Gasteiger partial charge in [0.2, 0.25) is 0 Å². The Bertz CT molecular complexity index is 1050. The summed E-state index contributed by atoms with van der Waals surface area (Å²) in [4.78, 5) is 49.5. The van der Waals surface area contributed by atoms with Crippen molar-refractivity contribution in [2.75, 3.05) is 19.5 Å². The lowest BCUT2D eigenvalue weighted by Gasteiger charge is -2.09. The van der Waals surface area contributed by atoms with Gasteiger partial charge in [-0.2, -0.15) is 0 Å². The maximum absolute atomic E-state index is 12.8. The monoisotopic (exact) mass is 412 g/mol. The number of aromatic nitrogens is 3. The number of hydrogen-bond acceptors (Lipinski definition) is 9. The molecular weight excluding hydrogens is 396 g/mol. The highest BCUT2D eigenvalue weighted by Gasteiger charge is 2.19. The number of nitrogens with one attached hydrogen (secondary N) is 1. The number of anilines is 1. The third-order valence-corrected chi connectivity index (χ3v) is 4.95. The highest BCUT2D eigenvalue weighted by atomic mass is 32.1. The molecule has 1 aromatic carbocycles. The number of hydrogen-bond donors (Lipinski definition) is 1. The van der Waals surface area contributed by atoms with Gasteiger partial charge in [-0.05, 0) is 31.2 Å². The smallest absolute Gasteiger partial charge is 0.337 e. The van der Waals surface area contributed by atoms with Gasteiger partial charge in [0.25, 0.3) is 5.91 Å². The van der Waals surface area contributed by atoms with Gasteiger partial charge < -0.3 is 14.8 Å². The molecule has 0 saturated heterocycles. The van der Waals surface area contributed by atoms with Crippen molar-refractivity contribution in [3.8, 4) is 10.8 Å². The second-order valence-corrected chi connectivity index (χ2v) is 6.74. The first-order valence-corrected chi connectivity index (χ1v) is 9.12. The summed E-state index contributed by atoms with van der Waals surface area (Å²) in [7, 11) is 2.44. The summed E-state index contributed by atoms with van der Waals surface area (Å²) in [6, 6.07) is 5.84. The Hall–Kier alpha value is -3.66. The Morgan fingerprint density at radius 3 is 2.10 bits per heavy atom. The van der Waals surface area contributed by atoms with E-state index in [-0.39, 0.29) is 16.8 Å². The first kappa shape index (κ1) is 20.1. The predicted molar refractivity (Wildman–Crippen MR) is 105 cm³/mol. The lowest BCUT2D eigenvalue weighted by molar-refractivity contribution is 0.0599. The normalized spacial score (nSPS) is 10.3. The molecule has 0 aliphatic rings. The maximum atomic E-state index is 12.8. The van der Waals surface area contributed by atoms with Crippen LogP contribution in [0.3, 0.4) is 0 Å². The number of thiazole rings is 1. The molecule has 29 heavy (non-hydrogen) atoms. The molecule has 1 N–H and O–H groups in total. The number of rotatable bonds is 5. The zero-order valence-electron chi connectivity index (χ0n) is 15.8. The van der Waals surface area contributed by atoms with Crippen LogP contribution < -0.4 is 5.32 Å². The molecule has 0 atom stereocenters. The Morgan fingerprint density at radius 2 is 1.55 bits per heavy atom. The minimum atomic E-state index is -0.649. The highest BCUT2D eigenvalue weighted by molar-refractivity contribution is 7.17. The topological polar surface area (TPSA) is 120 Å². The van der Waals surface area contributed by atoms with E-state index in [0.29, 0.717) is 21.4 Å². The summed E-state index contributed by atoms with van der Waals surface area (Å²) >= 11 is 1.14. The van der Waals surface area contributed by atoms with Crippen LogP contribution in [0.2, 0.25) is 0 Å². The van der Waals surface area contributed by atoms with Crippen LogP contribution in [-0.4, -0.2) is 47.0 Å². The van der Waals surface area contributed by atoms with Crippen LogP contribution in [0.15, 0.2) is 36.7 Å². The van der Waals surface area contributed by atoms with Crippen LogP contribution in [0, 0.1) is 6.92 Å². The highest BCUT2D eigenvalue weighted by Crippen LogP contribution is 2.26. The molecule has 1 amide bonds. The van der Waals surface area contributed by atoms with Gasteiger partial charge in [-0.15, -0.1) is 11.3 Å². The van der Waals surface area contributed by atoms with Crippen LogP contribution >= 0.6 is 11.3 Å². The number of benzene rings is 1. The fourth-order valence-corrected chi connectivity index (χ4v) is 3.38. The first-order chi connectivity index (χ1) is 13.9. The molecule has 9 nitrogen and oxygen atoms in total. The average Bonchev–Trinajstić information content (AvgIpc) is 3.14.